The molecule has 1 N–H and O–H groups in total. The number of nitrogens with one attached hydrogen (secondary N) is 1. The number of halogens is 1. The lowest BCUT2D eigenvalue weighted by atomic mass is 9.83. The Morgan fingerprint density at radius 3 is 2.14 bits per heavy atom. The lowest BCUT2D eigenvalue weighted by Gasteiger charge is -2.24. The molecule has 0 fully saturated rings. The van der Waals surface area contributed by atoms with Crippen molar-refractivity contribution < 1.29 is 9.53 Å². The van der Waals surface area contributed by atoms with E-state index < -0.39 is 5.41 Å². The maximum atomic E-state index is 12.5. The number of methoxy groups -OCH3 is 1. The van der Waals surface area contributed by atoms with E-state index in [9.17, 15) is 4.79 Å². The third-order valence-corrected chi connectivity index (χ3v) is 4.01. The van der Waals surface area contributed by atoms with Crippen LogP contribution in [-0.2, 0) is 10.2 Å². The Kier molecular flexibility index (Phi) is 4.68. The third-order valence-electron chi connectivity index (χ3n) is 3.48. The van der Waals surface area contributed by atoms with Crippen LogP contribution in [0.25, 0.3) is 0 Å². The van der Waals surface area contributed by atoms with Crippen molar-refractivity contribution >= 4 is 27.5 Å². The predicted molar refractivity (Wildman–Crippen MR) is 88.8 cm³/mol. The number of rotatable bonds is 4. The first-order valence-corrected chi connectivity index (χ1v) is 7.44. The quantitative estimate of drug-likeness (QED) is 0.891. The van der Waals surface area contributed by atoms with Gasteiger partial charge in [-0.3, -0.25) is 4.79 Å². The number of carbonyl (C=O) groups excluding carboxylic acids is 1. The summed E-state index contributed by atoms with van der Waals surface area (Å²) in [4.78, 5) is 12.5. The molecular weight excluding hydrogens is 330 g/mol. The first-order chi connectivity index (χ1) is 9.93. The van der Waals surface area contributed by atoms with E-state index in [1.54, 1.807) is 7.11 Å². The van der Waals surface area contributed by atoms with E-state index in [1.165, 1.54) is 0 Å². The maximum Gasteiger partial charge on any atom is 0.234 e. The summed E-state index contributed by atoms with van der Waals surface area (Å²) >= 11 is 3.38. The molecule has 110 valence electrons. The summed E-state index contributed by atoms with van der Waals surface area (Å²) in [6, 6.07) is 15.1. The van der Waals surface area contributed by atoms with Crippen LogP contribution in [0.3, 0.4) is 0 Å². The minimum atomic E-state index is -0.626. The third kappa shape index (κ3) is 3.64. The molecule has 3 nitrogen and oxygen atoms in total. The van der Waals surface area contributed by atoms with Gasteiger partial charge in [0.1, 0.15) is 5.75 Å². The molecule has 0 aliphatic rings. The Morgan fingerprint density at radius 2 is 1.62 bits per heavy atom. The van der Waals surface area contributed by atoms with Crippen molar-refractivity contribution in [3.63, 3.8) is 0 Å². The minimum Gasteiger partial charge on any atom is -0.497 e. The Bertz CT molecular complexity index is 618. The highest BCUT2D eigenvalue weighted by Crippen LogP contribution is 2.27. The highest BCUT2D eigenvalue weighted by atomic mass is 79.9. The van der Waals surface area contributed by atoms with Gasteiger partial charge in [0.15, 0.2) is 0 Å². The smallest absolute Gasteiger partial charge is 0.234 e. The number of amides is 1. The van der Waals surface area contributed by atoms with Crippen LogP contribution in [0.15, 0.2) is 53.0 Å². The van der Waals surface area contributed by atoms with Crippen LogP contribution in [0, 0.1) is 0 Å². The van der Waals surface area contributed by atoms with E-state index in [2.05, 4.69) is 21.2 Å². The van der Waals surface area contributed by atoms with E-state index in [0.29, 0.717) is 0 Å². The molecule has 0 bridgehead atoms. The van der Waals surface area contributed by atoms with Gasteiger partial charge in [-0.25, -0.2) is 0 Å². The second-order valence-corrected chi connectivity index (χ2v) is 6.23. The Morgan fingerprint density at radius 1 is 1.05 bits per heavy atom. The molecule has 0 heterocycles. The predicted octanol–water partition coefficient (Wildman–Crippen LogP) is 4.37. The summed E-state index contributed by atoms with van der Waals surface area (Å²) in [6.07, 6.45) is 0. The van der Waals surface area contributed by atoms with E-state index >= 15 is 0 Å². The summed E-state index contributed by atoms with van der Waals surface area (Å²) < 4.78 is 6.13. The van der Waals surface area contributed by atoms with Gasteiger partial charge in [-0.15, -0.1) is 0 Å². The summed E-state index contributed by atoms with van der Waals surface area (Å²) in [5.74, 6) is 0.734. The van der Waals surface area contributed by atoms with Crippen LogP contribution in [0.4, 0.5) is 5.69 Å². The molecule has 0 radical (unpaired) electrons. The average molecular weight is 348 g/mol. The van der Waals surface area contributed by atoms with Crippen molar-refractivity contribution in [1.82, 2.24) is 0 Å². The standard InChI is InChI=1S/C17H18BrNO2/c1-17(2,12-4-10-15(21-3)11-5-12)16(20)19-14-8-6-13(18)7-9-14/h4-11H,1-3H3,(H,19,20). The molecule has 0 aliphatic carbocycles. The van der Waals surface area contributed by atoms with Crippen molar-refractivity contribution in [2.75, 3.05) is 12.4 Å². The highest BCUT2D eigenvalue weighted by molar-refractivity contribution is 9.10. The summed E-state index contributed by atoms with van der Waals surface area (Å²) in [5, 5.41) is 2.95. The number of carbonyl (C=O) groups is 1. The minimum absolute atomic E-state index is 0.0463. The van der Waals surface area contributed by atoms with Gasteiger partial charge in [0.2, 0.25) is 5.91 Å². The molecule has 0 aliphatic heterocycles. The lowest BCUT2D eigenvalue weighted by molar-refractivity contribution is -0.120. The van der Waals surface area contributed by atoms with Gasteiger partial charge in [-0.1, -0.05) is 28.1 Å². The fourth-order valence-electron chi connectivity index (χ4n) is 1.96. The van der Waals surface area contributed by atoms with Gasteiger partial charge in [0.05, 0.1) is 12.5 Å². The molecular formula is C17H18BrNO2. The van der Waals surface area contributed by atoms with Crippen molar-refractivity contribution in [2.45, 2.75) is 19.3 Å². The second kappa shape index (κ2) is 6.31. The van der Waals surface area contributed by atoms with Gasteiger partial charge in [0, 0.05) is 10.2 Å². The topological polar surface area (TPSA) is 38.3 Å². The van der Waals surface area contributed by atoms with E-state index in [4.69, 9.17) is 4.74 Å². The first-order valence-electron chi connectivity index (χ1n) is 6.65. The molecule has 0 atom stereocenters. The normalized spacial score (nSPS) is 11.0. The molecule has 21 heavy (non-hydrogen) atoms. The van der Waals surface area contributed by atoms with Gasteiger partial charge in [0.25, 0.3) is 0 Å². The fraction of sp³-hybridized carbons (Fsp3) is 0.235. The van der Waals surface area contributed by atoms with Crippen LogP contribution in [-0.4, -0.2) is 13.0 Å². The number of anilines is 1. The second-order valence-electron chi connectivity index (χ2n) is 5.31. The van der Waals surface area contributed by atoms with Crippen LogP contribution in [0.5, 0.6) is 5.75 Å². The SMILES string of the molecule is COc1ccc(C(C)(C)C(=O)Nc2ccc(Br)cc2)cc1. The summed E-state index contributed by atoms with van der Waals surface area (Å²) in [6.45, 7) is 3.81. The van der Waals surface area contributed by atoms with Crippen molar-refractivity contribution in [2.24, 2.45) is 0 Å². The number of ether oxygens (including phenoxy) is 1. The molecule has 2 rings (SSSR count). The average Bonchev–Trinajstić information content (AvgIpc) is 2.49. The van der Waals surface area contributed by atoms with Crippen molar-refractivity contribution in [1.29, 1.82) is 0 Å². The Balaban J connectivity index is 2.17. The molecule has 0 aromatic heterocycles. The zero-order valence-electron chi connectivity index (χ0n) is 12.3. The molecule has 0 saturated heterocycles. The van der Waals surface area contributed by atoms with Gasteiger partial charge in [-0.2, -0.15) is 0 Å². The fourth-order valence-corrected chi connectivity index (χ4v) is 2.22. The van der Waals surface area contributed by atoms with Crippen molar-refractivity contribution in [3.8, 4) is 5.75 Å². The van der Waals surface area contributed by atoms with Gasteiger partial charge >= 0.3 is 0 Å². The summed E-state index contributed by atoms with van der Waals surface area (Å²) in [7, 11) is 1.63. The molecule has 0 saturated carbocycles. The van der Waals surface area contributed by atoms with Crippen LogP contribution < -0.4 is 10.1 Å². The molecule has 0 spiro atoms. The maximum absolute atomic E-state index is 12.5. The zero-order valence-corrected chi connectivity index (χ0v) is 13.9. The number of hydrogen-bond donors (Lipinski definition) is 1. The van der Waals surface area contributed by atoms with Crippen molar-refractivity contribution in [3.05, 3.63) is 58.6 Å². The van der Waals surface area contributed by atoms with E-state index in [-0.39, 0.29) is 5.91 Å². The zero-order chi connectivity index (χ0) is 15.5. The van der Waals surface area contributed by atoms with E-state index in [0.717, 1.165) is 21.5 Å². The summed E-state index contributed by atoms with van der Waals surface area (Å²) in [5.41, 5.74) is 1.10. The van der Waals surface area contributed by atoms with Crippen LogP contribution in [0.1, 0.15) is 19.4 Å². The van der Waals surface area contributed by atoms with E-state index in [1.807, 2.05) is 62.4 Å². The highest BCUT2D eigenvalue weighted by Gasteiger charge is 2.29. The molecule has 2 aromatic rings. The van der Waals surface area contributed by atoms with Crippen LogP contribution >= 0.6 is 15.9 Å². The lowest BCUT2D eigenvalue weighted by Crippen LogP contribution is -2.34. The largest absolute Gasteiger partial charge is 0.497 e. The van der Waals surface area contributed by atoms with Crippen LogP contribution in [0.2, 0.25) is 0 Å². The number of benzene rings is 2. The molecule has 1 amide bonds. The number of hydrogen-bond acceptors (Lipinski definition) is 2. The monoisotopic (exact) mass is 347 g/mol. The first kappa shape index (κ1) is 15.6. The van der Waals surface area contributed by atoms with Gasteiger partial charge < -0.3 is 10.1 Å². The van der Waals surface area contributed by atoms with Gasteiger partial charge in [-0.05, 0) is 55.8 Å². The molecule has 0 unspecified atom stereocenters. The molecule has 2 aromatic carbocycles. The Labute approximate surface area is 133 Å². The Hall–Kier alpha value is -1.81. The molecule has 4 heteroatoms.